The van der Waals surface area contributed by atoms with E-state index in [4.69, 9.17) is 23.2 Å². The number of amides is 2. The number of hydrogen-bond acceptors (Lipinski definition) is 5. The fourth-order valence-corrected chi connectivity index (χ4v) is 5.23. The molecule has 2 amide bonds. The van der Waals surface area contributed by atoms with Crippen molar-refractivity contribution in [3.63, 3.8) is 0 Å². The topological polar surface area (TPSA) is 82.5 Å². The second kappa shape index (κ2) is 11.2. The summed E-state index contributed by atoms with van der Waals surface area (Å²) in [4.78, 5) is 28.9. The summed E-state index contributed by atoms with van der Waals surface area (Å²) in [5.41, 5.74) is 1.44. The van der Waals surface area contributed by atoms with Gasteiger partial charge in [-0.2, -0.15) is 4.37 Å². The fourth-order valence-electron chi connectivity index (χ4n) is 4.24. The molecule has 1 aliphatic carbocycles. The molecule has 1 aliphatic rings. The molecular weight excluding hydrogens is 493 g/mol. The molecule has 1 fully saturated rings. The average molecular weight is 518 g/mol. The van der Waals surface area contributed by atoms with Crippen molar-refractivity contribution in [2.75, 3.05) is 0 Å². The number of halogens is 2. The molecule has 178 valence electrons. The second-order valence-corrected chi connectivity index (χ2v) is 10.1. The summed E-state index contributed by atoms with van der Waals surface area (Å²) in [6.07, 6.45) is 5.11. The fraction of sp³-hybridized carbons (Fsp3) is 0.320. The molecule has 2 N–H and O–H groups in total. The van der Waals surface area contributed by atoms with E-state index < -0.39 is 11.9 Å². The zero-order chi connectivity index (χ0) is 24.1. The van der Waals surface area contributed by atoms with Crippen LogP contribution in [-0.4, -0.2) is 32.2 Å². The number of nitrogens with zero attached hydrogens (tertiary/aromatic N) is 2. The highest BCUT2D eigenvalue weighted by Crippen LogP contribution is 2.34. The molecule has 6 nitrogen and oxygen atoms in total. The largest absolute Gasteiger partial charge is 0.508 e. The summed E-state index contributed by atoms with van der Waals surface area (Å²) in [6, 6.07) is 14.9. The van der Waals surface area contributed by atoms with Crippen molar-refractivity contribution in [2.45, 2.75) is 50.7 Å². The van der Waals surface area contributed by atoms with E-state index in [9.17, 15) is 14.7 Å². The van der Waals surface area contributed by atoms with E-state index >= 15 is 0 Å². The molecule has 34 heavy (non-hydrogen) atoms. The predicted octanol–water partition coefficient (Wildman–Crippen LogP) is 5.99. The third-order valence-corrected chi connectivity index (χ3v) is 7.59. The van der Waals surface area contributed by atoms with Crippen LogP contribution in [0.25, 0.3) is 0 Å². The number of nitrogens with one attached hydrogen (secondary N) is 1. The van der Waals surface area contributed by atoms with E-state index in [0.29, 0.717) is 5.56 Å². The van der Waals surface area contributed by atoms with Crippen molar-refractivity contribution in [3.05, 3.63) is 80.8 Å². The first kappa shape index (κ1) is 24.5. The van der Waals surface area contributed by atoms with Gasteiger partial charge in [-0.05, 0) is 47.6 Å². The molecule has 0 radical (unpaired) electrons. The predicted molar refractivity (Wildman–Crippen MR) is 134 cm³/mol. The maximum Gasteiger partial charge on any atom is 0.276 e. The Labute approximate surface area is 212 Å². The van der Waals surface area contributed by atoms with Crippen LogP contribution >= 0.6 is 34.7 Å². The Morgan fingerprint density at radius 3 is 2.35 bits per heavy atom. The summed E-state index contributed by atoms with van der Waals surface area (Å²) >= 11 is 13.3. The van der Waals surface area contributed by atoms with Crippen LogP contribution in [0.3, 0.4) is 0 Å². The van der Waals surface area contributed by atoms with Crippen LogP contribution in [0.1, 0.15) is 59.8 Å². The van der Waals surface area contributed by atoms with Crippen molar-refractivity contribution >= 4 is 46.5 Å². The zero-order valence-corrected chi connectivity index (χ0v) is 20.7. The Hall–Kier alpha value is -2.61. The maximum atomic E-state index is 13.8. The van der Waals surface area contributed by atoms with Crippen LogP contribution in [0.15, 0.2) is 54.6 Å². The van der Waals surface area contributed by atoms with E-state index in [1.165, 1.54) is 17.0 Å². The number of carbonyl (C=O) groups excluding carboxylic acids is 2. The van der Waals surface area contributed by atoms with Crippen molar-refractivity contribution in [3.8, 4) is 5.75 Å². The van der Waals surface area contributed by atoms with Gasteiger partial charge >= 0.3 is 0 Å². The lowest BCUT2D eigenvalue weighted by Gasteiger charge is -2.33. The Morgan fingerprint density at radius 1 is 1.06 bits per heavy atom. The van der Waals surface area contributed by atoms with Gasteiger partial charge in [-0.15, -0.1) is 0 Å². The minimum Gasteiger partial charge on any atom is -0.508 e. The number of hydrogen-bond donors (Lipinski definition) is 2. The molecule has 1 saturated carbocycles. The molecular formula is C25H25Cl2N3O3S. The SMILES string of the molecule is O=C(NC1CCCCC1)C(c1ccc(O)cc1)N(Cc1ccccc1)C(=O)c1nsc(Cl)c1Cl. The number of benzene rings is 2. The molecule has 4 rings (SSSR count). The summed E-state index contributed by atoms with van der Waals surface area (Å²) < 4.78 is 4.38. The first-order valence-corrected chi connectivity index (χ1v) is 12.7. The zero-order valence-electron chi connectivity index (χ0n) is 18.4. The molecule has 0 spiro atoms. The van der Waals surface area contributed by atoms with Gasteiger partial charge in [0.05, 0.1) is 0 Å². The van der Waals surface area contributed by atoms with Crippen LogP contribution in [0.5, 0.6) is 5.75 Å². The highest BCUT2D eigenvalue weighted by molar-refractivity contribution is 7.11. The quantitative estimate of drug-likeness (QED) is 0.403. The molecule has 1 aromatic heterocycles. The van der Waals surface area contributed by atoms with Crippen molar-refractivity contribution in [2.24, 2.45) is 0 Å². The minimum absolute atomic E-state index is 0.0156. The van der Waals surface area contributed by atoms with Gasteiger partial charge < -0.3 is 15.3 Å². The number of aromatic hydroxyl groups is 1. The van der Waals surface area contributed by atoms with Gasteiger partial charge in [-0.25, -0.2) is 0 Å². The summed E-state index contributed by atoms with van der Waals surface area (Å²) in [6.45, 7) is 0.161. The van der Waals surface area contributed by atoms with Crippen LogP contribution in [0, 0.1) is 0 Å². The summed E-state index contributed by atoms with van der Waals surface area (Å²) in [7, 11) is 0. The van der Waals surface area contributed by atoms with Gasteiger partial charge in [0.15, 0.2) is 5.69 Å². The van der Waals surface area contributed by atoms with Crippen LogP contribution in [0.4, 0.5) is 0 Å². The second-order valence-electron chi connectivity index (χ2n) is 8.38. The molecule has 0 saturated heterocycles. The lowest BCUT2D eigenvalue weighted by atomic mass is 9.94. The Balaban J connectivity index is 1.75. The van der Waals surface area contributed by atoms with E-state index in [0.717, 1.165) is 49.2 Å². The van der Waals surface area contributed by atoms with Gasteiger partial charge in [0.25, 0.3) is 5.91 Å². The third-order valence-electron chi connectivity index (χ3n) is 5.98. The highest BCUT2D eigenvalue weighted by atomic mass is 35.5. The normalized spacial score (nSPS) is 15.0. The van der Waals surface area contributed by atoms with E-state index in [2.05, 4.69) is 9.69 Å². The Morgan fingerprint density at radius 2 is 1.74 bits per heavy atom. The van der Waals surface area contributed by atoms with Crippen LogP contribution in [0.2, 0.25) is 9.36 Å². The van der Waals surface area contributed by atoms with Gasteiger partial charge in [0, 0.05) is 12.6 Å². The van der Waals surface area contributed by atoms with Crippen LogP contribution in [-0.2, 0) is 11.3 Å². The first-order valence-electron chi connectivity index (χ1n) is 11.2. The van der Waals surface area contributed by atoms with Gasteiger partial charge in [-0.1, -0.05) is 84.9 Å². The highest BCUT2D eigenvalue weighted by Gasteiger charge is 2.35. The number of carbonyl (C=O) groups is 2. The molecule has 1 unspecified atom stereocenters. The molecule has 9 heteroatoms. The monoisotopic (exact) mass is 517 g/mol. The minimum atomic E-state index is -0.952. The van der Waals surface area contributed by atoms with Crippen molar-refractivity contribution in [1.29, 1.82) is 0 Å². The van der Waals surface area contributed by atoms with Gasteiger partial charge in [0.2, 0.25) is 5.91 Å². The standard InChI is InChI=1S/C25H25Cl2N3O3S/c26-20-21(29-34-23(20)27)25(33)30(15-16-7-3-1-4-8-16)22(17-11-13-19(31)14-12-17)24(32)28-18-9-5-2-6-10-18/h1,3-4,7-8,11-14,18,22,31H,2,5-6,9-10,15H2,(H,28,32). The van der Waals surface area contributed by atoms with Crippen molar-refractivity contribution < 1.29 is 14.7 Å². The average Bonchev–Trinajstić information content (AvgIpc) is 3.18. The van der Waals surface area contributed by atoms with Crippen molar-refractivity contribution in [1.82, 2.24) is 14.6 Å². The molecule has 0 aliphatic heterocycles. The smallest absolute Gasteiger partial charge is 0.276 e. The number of phenols is 1. The molecule has 2 aromatic carbocycles. The Kier molecular flexibility index (Phi) is 8.08. The van der Waals surface area contributed by atoms with Gasteiger partial charge in [0.1, 0.15) is 21.2 Å². The molecule has 0 bridgehead atoms. The van der Waals surface area contributed by atoms with Gasteiger partial charge in [-0.3, -0.25) is 9.59 Å². The number of phenolic OH excluding ortho intramolecular Hbond substituents is 1. The maximum absolute atomic E-state index is 13.8. The summed E-state index contributed by atoms with van der Waals surface area (Å²) in [5.74, 6) is -0.696. The van der Waals surface area contributed by atoms with Crippen LogP contribution < -0.4 is 5.32 Å². The van der Waals surface area contributed by atoms with E-state index in [-0.39, 0.29) is 39.3 Å². The Bertz CT molecular complexity index is 1130. The van der Waals surface area contributed by atoms with E-state index in [1.54, 1.807) is 12.1 Å². The summed E-state index contributed by atoms with van der Waals surface area (Å²) in [5, 5.41) is 13.0. The number of rotatable bonds is 7. The lowest BCUT2D eigenvalue weighted by molar-refractivity contribution is -0.127. The molecule has 1 atom stereocenters. The molecule has 3 aromatic rings. The number of aromatic nitrogens is 1. The lowest BCUT2D eigenvalue weighted by Crippen LogP contribution is -2.47. The third kappa shape index (κ3) is 5.71. The molecule has 1 heterocycles. The van der Waals surface area contributed by atoms with E-state index in [1.807, 2.05) is 30.3 Å². The first-order chi connectivity index (χ1) is 16.4.